The molecule has 0 amide bonds. The lowest BCUT2D eigenvalue weighted by molar-refractivity contribution is 0.0111. The first-order chi connectivity index (χ1) is 10.2. The molecule has 0 aromatic carbocycles. The number of hydrogen-bond acceptors (Lipinski definition) is 7. The maximum Gasteiger partial charge on any atom is 0.106 e. The van der Waals surface area contributed by atoms with E-state index in [-0.39, 0.29) is 5.41 Å². The minimum atomic E-state index is -0.669. The summed E-state index contributed by atoms with van der Waals surface area (Å²) in [4.78, 5) is 4.23. The van der Waals surface area contributed by atoms with E-state index in [1.54, 1.807) is 24.6 Å². The van der Waals surface area contributed by atoms with Crippen molar-refractivity contribution in [2.24, 2.45) is 5.41 Å². The van der Waals surface area contributed by atoms with Gasteiger partial charge in [-0.05, 0) is 12.8 Å². The first kappa shape index (κ1) is 16.8. The molecular formula is C14H24N2O4S. The molecule has 3 N–H and O–H groups in total. The van der Waals surface area contributed by atoms with Crippen LogP contribution in [0.25, 0.3) is 0 Å². The van der Waals surface area contributed by atoms with Crippen molar-refractivity contribution in [1.29, 1.82) is 0 Å². The van der Waals surface area contributed by atoms with Gasteiger partial charge < -0.3 is 25.0 Å². The third-order valence-corrected chi connectivity index (χ3v) is 4.61. The summed E-state index contributed by atoms with van der Waals surface area (Å²) in [6.45, 7) is 2.97. The molecule has 1 aliphatic carbocycles. The van der Waals surface area contributed by atoms with Crippen LogP contribution in [0.5, 0.6) is 0 Å². The van der Waals surface area contributed by atoms with Crippen LogP contribution in [0, 0.1) is 5.41 Å². The van der Waals surface area contributed by atoms with Crippen molar-refractivity contribution in [3.8, 4) is 0 Å². The monoisotopic (exact) mass is 316 g/mol. The predicted molar refractivity (Wildman–Crippen MR) is 80.2 cm³/mol. The fourth-order valence-corrected chi connectivity index (χ4v) is 3.35. The van der Waals surface area contributed by atoms with E-state index in [2.05, 4.69) is 10.3 Å². The van der Waals surface area contributed by atoms with E-state index in [0.717, 1.165) is 5.01 Å². The second-order valence-corrected chi connectivity index (χ2v) is 6.60. The van der Waals surface area contributed by atoms with Crippen molar-refractivity contribution >= 4 is 11.3 Å². The third kappa shape index (κ3) is 4.98. The van der Waals surface area contributed by atoms with Crippen LogP contribution in [-0.4, -0.2) is 60.9 Å². The van der Waals surface area contributed by atoms with Gasteiger partial charge >= 0.3 is 0 Å². The van der Waals surface area contributed by atoms with Crippen LogP contribution in [-0.2, 0) is 16.0 Å². The van der Waals surface area contributed by atoms with Crippen molar-refractivity contribution in [3.05, 3.63) is 16.6 Å². The Bertz CT molecular complexity index is 392. The standard InChI is InChI=1S/C14H24N2O4S/c1-19-3-4-20-10-14(6-11(17)12(18)7-14)9-15-8-13-16-2-5-21-13/h2,5,11-12,15,17-18H,3-4,6-10H2,1H3. The summed E-state index contributed by atoms with van der Waals surface area (Å²) in [5, 5.41) is 26.0. The summed E-state index contributed by atoms with van der Waals surface area (Å²) >= 11 is 1.61. The number of aliphatic hydroxyl groups is 2. The Labute approximate surface area is 129 Å². The summed E-state index contributed by atoms with van der Waals surface area (Å²) < 4.78 is 10.6. The van der Waals surface area contributed by atoms with E-state index in [0.29, 0.717) is 45.8 Å². The van der Waals surface area contributed by atoms with Crippen molar-refractivity contribution < 1.29 is 19.7 Å². The quantitative estimate of drug-likeness (QED) is 0.572. The molecule has 7 heteroatoms. The highest BCUT2D eigenvalue weighted by Gasteiger charge is 2.44. The SMILES string of the molecule is COCCOCC1(CNCc2nccs2)CC(O)C(O)C1. The third-order valence-electron chi connectivity index (χ3n) is 3.83. The first-order valence-electron chi connectivity index (χ1n) is 7.17. The summed E-state index contributed by atoms with van der Waals surface area (Å²) in [6.07, 6.45) is 1.54. The summed E-state index contributed by atoms with van der Waals surface area (Å²) in [6, 6.07) is 0. The largest absolute Gasteiger partial charge is 0.390 e. The molecule has 1 aromatic rings. The topological polar surface area (TPSA) is 83.8 Å². The molecule has 2 rings (SSSR count). The molecule has 0 bridgehead atoms. The van der Waals surface area contributed by atoms with Crippen molar-refractivity contribution in [2.45, 2.75) is 31.6 Å². The molecule has 0 aliphatic heterocycles. The molecule has 2 atom stereocenters. The Kier molecular flexibility index (Phi) is 6.53. The predicted octanol–water partition coefficient (Wildman–Crippen LogP) is 0.398. The summed E-state index contributed by atoms with van der Waals surface area (Å²) in [5.41, 5.74) is -0.232. The van der Waals surface area contributed by atoms with Crippen LogP contribution < -0.4 is 5.32 Å². The van der Waals surface area contributed by atoms with Crippen LogP contribution in [0.4, 0.5) is 0 Å². The van der Waals surface area contributed by atoms with Gasteiger partial charge in [-0.25, -0.2) is 4.98 Å². The number of thiazole rings is 1. The van der Waals surface area contributed by atoms with Crippen molar-refractivity contribution in [3.63, 3.8) is 0 Å². The van der Waals surface area contributed by atoms with Gasteiger partial charge in [0.1, 0.15) is 5.01 Å². The molecule has 1 aromatic heterocycles. The summed E-state index contributed by atoms with van der Waals surface area (Å²) in [5.74, 6) is 0. The summed E-state index contributed by atoms with van der Waals surface area (Å²) in [7, 11) is 1.64. The Morgan fingerprint density at radius 1 is 1.38 bits per heavy atom. The molecule has 1 heterocycles. The van der Waals surface area contributed by atoms with Gasteiger partial charge in [0.25, 0.3) is 0 Å². The number of hydrogen-bond donors (Lipinski definition) is 3. The van der Waals surface area contributed by atoms with Crippen molar-refractivity contribution in [2.75, 3.05) is 33.5 Å². The normalized spacial score (nSPS) is 29.1. The number of aliphatic hydroxyl groups excluding tert-OH is 2. The number of ether oxygens (including phenoxy) is 2. The van der Waals surface area contributed by atoms with Crippen LogP contribution in [0.15, 0.2) is 11.6 Å². The fourth-order valence-electron chi connectivity index (χ4n) is 2.76. The van der Waals surface area contributed by atoms with Gasteiger partial charge in [-0.3, -0.25) is 0 Å². The molecular weight excluding hydrogens is 292 g/mol. The van der Waals surface area contributed by atoms with E-state index < -0.39 is 12.2 Å². The van der Waals surface area contributed by atoms with E-state index in [1.165, 1.54) is 0 Å². The van der Waals surface area contributed by atoms with Gasteiger partial charge in [-0.15, -0.1) is 11.3 Å². The minimum Gasteiger partial charge on any atom is -0.390 e. The smallest absolute Gasteiger partial charge is 0.106 e. The minimum absolute atomic E-state index is 0.232. The zero-order valence-corrected chi connectivity index (χ0v) is 13.1. The van der Waals surface area contributed by atoms with Gasteiger partial charge in [-0.1, -0.05) is 0 Å². The maximum atomic E-state index is 9.85. The number of methoxy groups -OCH3 is 1. The number of aromatic nitrogens is 1. The van der Waals surface area contributed by atoms with E-state index in [1.807, 2.05) is 5.38 Å². The number of rotatable bonds is 9. The van der Waals surface area contributed by atoms with Crippen LogP contribution in [0.1, 0.15) is 17.8 Å². The molecule has 120 valence electrons. The zero-order valence-electron chi connectivity index (χ0n) is 12.3. The highest BCUT2D eigenvalue weighted by atomic mass is 32.1. The zero-order chi connectivity index (χ0) is 15.1. The number of nitrogens with zero attached hydrogens (tertiary/aromatic N) is 1. The molecule has 0 saturated heterocycles. The van der Waals surface area contributed by atoms with E-state index in [9.17, 15) is 10.2 Å². The molecule has 0 radical (unpaired) electrons. The molecule has 2 unspecified atom stereocenters. The van der Waals surface area contributed by atoms with E-state index in [4.69, 9.17) is 9.47 Å². The van der Waals surface area contributed by atoms with E-state index >= 15 is 0 Å². The van der Waals surface area contributed by atoms with Gasteiger partial charge in [0.05, 0.1) is 32.0 Å². The first-order valence-corrected chi connectivity index (χ1v) is 8.05. The van der Waals surface area contributed by atoms with Gasteiger partial charge in [0.2, 0.25) is 0 Å². The van der Waals surface area contributed by atoms with Crippen LogP contribution in [0.2, 0.25) is 0 Å². The molecule has 1 fully saturated rings. The van der Waals surface area contributed by atoms with Crippen molar-refractivity contribution in [1.82, 2.24) is 10.3 Å². The molecule has 21 heavy (non-hydrogen) atoms. The van der Waals surface area contributed by atoms with Crippen LogP contribution in [0.3, 0.4) is 0 Å². The second-order valence-electron chi connectivity index (χ2n) is 5.62. The average Bonchev–Trinajstić information content (AvgIpc) is 3.05. The molecule has 1 aliphatic rings. The van der Waals surface area contributed by atoms with Gasteiger partial charge in [0.15, 0.2) is 0 Å². The Hall–Kier alpha value is -0.570. The number of nitrogens with one attached hydrogen (secondary N) is 1. The highest BCUT2D eigenvalue weighted by Crippen LogP contribution is 2.38. The highest BCUT2D eigenvalue weighted by molar-refractivity contribution is 7.09. The Morgan fingerprint density at radius 3 is 2.76 bits per heavy atom. The van der Waals surface area contributed by atoms with Gasteiger partial charge in [0, 0.05) is 37.2 Å². The maximum absolute atomic E-state index is 9.85. The Morgan fingerprint density at radius 2 is 2.14 bits per heavy atom. The van der Waals surface area contributed by atoms with Crippen LogP contribution >= 0.6 is 11.3 Å². The lowest BCUT2D eigenvalue weighted by Crippen LogP contribution is -2.37. The fraction of sp³-hybridized carbons (Fsp3) is 0.786. The lowest BCUT2D eigenvalue weighted by Gasteiger charge is -2.29. The molecule has 0 spiro atoms. The molecule has 1 saturated carbocycles. The molecule has 6 nitrogen and oxygen atoms in total. The second kappa shape index (κ2) is 8.17. The average molecular weight is 316 g/mol. The lowest BCUT2D eigenvalue weighted by atomic mass is 9.86. The Balaban J connectivity index is 1.83. The van der Waals surface area contributed by atoms with Gasteiger partial charge in [-0.2, -0.15) is 0 Å².